The molecule has 0 bridgehead atoms. The van der Waals surface area contributed by atoms with Gasteiger partial charge in [0, 0.05) is 5.56 Å². The van der Waals surface area contributed by atoms with Crippen LogP contribution in [0.5, 0.6) is 0 Å². The lowest BCUT2D eigenvalue weighted by atomic mass is 9.86. The van der Waals surface area contributed by atoms with Crippen molar-refractivity contribution in [2.45, 2.75) is 32.2 Å². The van der Waals surface area contributed by atoms with Crippen LogP contribution in [0.15, 0.2) is 47.0 Å². The van der Waals surface area contributed by atoms with Gasteiger partial charge in [0.15, 0.2) is 5.54 Å². The molecule has 0 saturated heterocycles. The molecule has 19 heavy (non-hydrogen) atoms. The fraction of sp³-hybridized carbons (Fsp3) is 0.375. The molecule has 0 N–H and O–H groups in total. The summed E-state index contributed by atoms with van der Waals surface area (Å²) in [6, 6.07) is 9.61. The average molecular weight is 255 g/mol. The van der Waals surface area contributed by atoms with Crippen molar-refractivity contribution in [2.24, 2.45) is 10.9 Å². The van der Waals surface area contributed by atoms with Crippen molar-refractivity contribution >= 4 is 11.9 Å². The van der Waals surface area contributed by atoms with Crippen molar-refractivity contribution in [3.8, 4) is 0 Å². The van der Waals surface area contributed by atoms with E-state index in [9.17, 15) is 4.79 Å². The predicted molar refractivity (Wildman–Crippen MR) is 74.0 cm³/mol. The second-order valence-electron chi connectivity index (χ2n) is 5.39. The van der Waals surface area contributed by atoms with Gasteiger partial charge in [-0.3, -0.25) is 0 Å². The first kappa shape index (κ1) is 12.2. The molecule has 2 aliphatic rings. The molecule has 98 valence electrons. The number of rotatable bonds is 2. The fourth-order valence-electron chi connectivity index (χ4n) is 2.92. The molecule has 1 atom stereocenters. The minimum absolute atomic E-state index is 0.219. The maximum Gasteiger partial charge on any atom is 0.345 e. The van der Waals surface area contributed by atoms with Gasteiger partial charge in [0.05, 0.1) is 0 Å². The molecule has 3 rings (SSSR count). The Morgan fingerprint density at radius 3 is 2.68 bits per heavy atom. The van der Waals surface area contributed by atoms with Crippen LogP contribution in [-0.2, 0) is 9.53 Å². The molecule has 1 aliphatic heterocycles. The first-order valence-corrected chi connectivity index (χ1v) is 6.71. The Labute approximate surface area is 113 Å². The van der Waals surface area contributed by atoms with Gasteiger partial charge in [0.2, 0.25) is 5.90 Å². The summed E-state index contributed by atoms with van der Waals surface area (Å²) < 4.78 is 5.44. The van der Waals surface area contributed by atoms with E-state index in [1.165, 1.54) is 0 Å². The SMILES string of the molecule is CC(C)C1=CCC[C@]12N=C(c1ccccc1)OC2=O. The molecule has 3 nitrogen and oxygen atoms in total. The maximum absolute atomic E-state index is 12.3. The number of carbonyl (C=O) groups is 1. The van der Waals surface area contributed by atoms with E-state index in [-0.39, 0.29) is 5.97 Å². The van der Waals surface area contributed by atoms with Crippen molar-refractivity contribution in [2.75, 3.05) is 0 Å². The molecule has 1 aromatic rings. The van der Waals surface area contributed by atoms with Crippen LogP contribution < -0.4 is 0 Å². The number of carbonyl (C=O) groups excluding carboxylic acids is 1. The van der Waals surface area contributed by atoms with E-state index in [0.29, 0.717) is 11.8 Å². The number of ether oxygens (including phenoxy) is 1. The second-order valence-corrected chi connectivity index (χ2v) is 5.39. The average Bonchev–Trinajstić information content (AvgIpc) is 2.97. The van der Waals surface area contributed by atoms with Gasteiger partial charge in [-0.1, -0.05) is 38.1 Å². The summed E-state index contributed by atoms with van der Waals surface area (Å²) in [7, 11) is 0. The third-order valence-electron chi connectivity index (χ3n) is 3.81. The van der Waals surface area contributed by atoms with Crippen molar-refractivity contribution in [1.29, 1.82) is 0 Å². The molecule has 1 aliphatic carbocycles. The molecule has 3 heteroatoms. The van der Waals surface area contributed by atoms with Gasteiger partial charge < -0.3 is 4.74 Å². The van der Waals surface area contributed by atoms with Gasteiger partial charge in [-0.05, 0) is 36.5 Å². The molecule has 1 aromatic carbocycles. The second kappa shape index (κ2) is 4.34. The third kappa shape index (κ3) is 1.81. The lowest BCUT2D eigenvalue weighted by molar-refractivity contribution is -0.137. The van der Waals surface area contributed by atoms with E-state index in [1.807, 2.05) is 30.3 Å². The van der Waals surface area contributed by atoms with Crippen molar-refractivity contribution in [3.63, 3.8) is 0 Å². The Balaban J connectivity index is 2.03. The largest absolute Gasteiger partial charge is 0.405 e. The Morgan fingerprint density at radius 1 is 1.26 bits per heavy atom. The molecule has 0 radical (unpaired) electrons. The van der Waals surface area contributed by atoms with Gasteiger partial charge in [0.1, 0.15) is 0 Å². The van der Waals surface area contributed by atoms with Crippen molar-refractivity contribution in [3.05, 3.63) is 47.5 Å². The number of nitrogens with zero attached hydrogens (tertiary/aromatic N) is 1. The molecular formula is C16H17NO2. The van der Waals surface area contributed by atoms with Gasteiger partial charge >= 0.3 is 5.97 Å². The van der Waals surface area contributed by atoms with Gasteiger partial charge in [0.25, 0.3) is 0 Å². The van der Waals surface area contributed by atoms with Crippen LogP contribution in [0.3, 0.4) is 0 Å². The molecular weight excluding hydrogens is 238 g/mol. The third-order valence-corrected chi connectivity index (χ3v) is 3.81. The van der Waals surface area contributed by atoms with Crippen LogP contribution in [0, 0.1) is 5.92 Å². The number of cyclic esters (lactones) is 1. The molecule has 0 fully saturated rings. The minimum atomic E-state index is -0.751. The molecule has 0 aromatic heterocycles. The molecule has 1 heterocycles. The summed E-state index contributed by atoms with van der Waals surface area (Å²) in [5.74, 6) is 0.553. The highest BCUT2D eigenvalue weighted by Crippen LogP contribution is 2.42. The summed E-state index contributed by atoms with van der Waals surface area (Å²) in [5.41, 5.74) is 1.21. The van der Waals surface area contributed by atoms with E-state index >= 15 is 0 Å². The number of aliphatic imine (C=N–C) groups is 1. The quantitative estimate of drug-likeness (QED) is 0.601. The fourth-order valence-corrected chi connectivity index (χ4v) is 2.92. The van der Waals surface area contributed by atoms with Crippen LogP contribution in [0.2, 0.25) is 0 Å². The van der Waals surface area contributed by atoms with Gasteiger partial charge in [-0.25, -0.2) is 9.79 Å². The van der Waals surface area contributed by atoms with Crippen LogP contribution in [0.1, 0.15) is 32.3 Å². The highest BCUT2D eigenvalue weighted by atomic mass is 16.6. The number of hydrogen-bond donors (Lipinski definition) is 0. The van der Waals surface area contributed by atoms with Crippen molar-refractivity contribution < 1.29 is 9.53 Å². The zero-order valence-corrected chi connectivity index (χ0v) is 11.2. The number of hydrogen-bond acceptors (Lipinski definition) is 3. The summed E-state index contributed by atoms with van der Waals surface area (Å²) in [6.45, 7) is 4.20. The zero-order valence-electron chi connectivity index (χ0n) is 11.2. The van der Waals surface area contributed by atoms with Gasteiger partial charge in [-0.15, -0.1) is 0 Å². The number of allylic oxidation sites excluding steroid dienone is 1. The zero-order chi connectivity index (χ0) is 13.5. The number of esters is 1. The maximum atomic E-state index is 12.3. The predicted octanol–water partition coefficient (Wildman–Crippen LogP) is 3.11. The Morgan fingerprint density at radius 2 is 2.00 bits per heavy atom. The Hall–Kier alpha value is -1.90. The van der Waals surface area contributed by atoms with Crippen molar-refractivity contribution in [1.82, 2.24) is 0 Å². The van der Waals surface area contributed by atoms with Crippen LogP contribution in [0.25, 0.3) is 0 Å². The standard InChI is InChI=1S/C16H17NO2/c1-11(2)13-9-6-10-16(13)15(18)19-14(17-16)12-7-4-3-5-8-12/h3-5,7-9,11H,6,10H2,1-2H3/t16-/m0/s1. The van der Waals surface area contributed by atoms with Crippen LogP contribution in [0.4, 0.5) is 0 Å². The van der Waals surface area contributed by atoms with E-state index in [1.54, 1.807) is 0 Å². The lowest BCUT2D eigenvalue weighted by Gasteiger charge is -2.22. The van der Waals surface area contributed by atoms with Gasteiger partial charge in [-0.2, -0.15) is 0 Å². The lowest BCUT2D eigenvalue weighted by Crippen LogP contribution is -2.35. The highest BCUT2D eigenvalue weighted by molar-refractivity contribution is 6.09. The van der Waals surface area contributed by atoms with E-state index in [2.05, 4.69) is 24.9 Å². The molecule has 0 amide bonds. The Kier molecular flexibility index (Phi) is 2.77. The number of benzene rings is 1. The molecule has 0 saturated carbocycles. The first-order valence-electron chi connectivity index (χ1n) is 6.71. The van der Waals surface area contributed by atoms with Crippen LogP contribution >= 0.6 is 0 Å². The summed E-state index contributed by atoms with van der Waals surface area (Å²) >= 11 is 0. The van der Waals surface area contributed by atoms with E-state index in [0.717, 1.165) is 24.0 Å². The normalized spacial score (nSPS) is 25.7. The summed E-state index contributed by atoms with van der Waals surface area (Å²) in [5, 5.41) is 0. The highest BCUT2D eigenvalue weighted by Gasteiger charge is 2.51. The van der Waals surface area contributed by atoms with Crippen LogP contribution in [-0.4, -0.2) is 17.4 Å². The van der Waals surface area contributed by atoms with E-state index < -0.39 is 5.54 Å². The smallest absolute Gasteiger partial charge is 0.345 e. The monoisotopic (exact) mass is 255 g/mol. The minimum Gasteiger partial charge on any atom is -0.405 e. The molecule has 0 unspecified atom stereocenters. The summed E-state index contributed by atoms with van der Waals surface area (Å²) in [4.78, 5) is 17.0. The Bertz CT molecular complexity index is 572. The first-order chi connectivity index (χ1) is 9.13. The topological polar surface area (TPSA) is 38.7 Å². The van der Waals surface area contributed by atoms with E-state index in [4.69, 9.17) is 4.74 Å². The summed E-state index contributed by atoms with van der Waals surface area (Å²) in [6.07, 6.45) is 3.77. The molecule has 1 spiro atoms.